The summed E-state index contributed by atoms with van der Waals surface area (Å²) in [4.78, 5) is 10.1. The molecule has 75 valence electrons. The van der Waals surface area contributed by atoms with Crippen LogP contribution in [0, 0.1) is 0 Å². The highest BCUT2D eigenvalue weighted by Gasteiger charge is 2.01. The van der Waals surface area contributed by atoms with Gasteiger partial charge in [0.15, 0.2) is 6.29 Å². The van der Waals surface area contributed by atoms with Gasteiger partial charge in [0.25, 0.3) is 0 Å². The van der Waals surface area contributed by atoms with Crippen LogP contribution in [0.3, 0.4) is 0 Å². The van der Waals surface area contributed by atoms with E-state index in [1.807, 2.05) is 18.4 Å². The summed E-state index contributed by atoms with van der Waals surface area (Å²) < 4.78 is 10.2. The number of hydrogen-bond donors (Lipinski definition) is 0. The van der Waals surface area contributed by atoms with Crippen LogP contribution in [0.2, 0.25) is 0 Å². The van der Waals surface area contributed by atoms with Gasteiger partial charge in [0.2, 0.25) is 0 Å². The summed E-state index contributed by atoms with van der Waals surface area (Å²) in [7, 11) is 3.20. The van der Waals surface area contributed by atoms with Crippen molar-refractivity contribution in [2.45, 2.75) is 12.8 Å². The maximum Gasteiger partial charge on any atom is 0.198 e. The quantitative estimate of drug-likeness (QED) is 0.714. The molecular formula is C11H13O3. The Morgan fingerprint density at radius 3 is 2.14 bits per heavy atom. The second-order valence-electron chi connectivity index (χ2n) is 2.87. The average Bonchev–Trinajstić information content (AvgIpc) is 2.25. The molecule has 3 nitrogen and oxygen atoms in total. The molecule has 0 fully saturated rings. The first kappa shape index (κ1) is 10.6. The molecule has 1 rings (SSSR count). The van der Waals surface area contributed by atoms with Crippen LogP contribution in [0.25, 0.3) is 0 Å². The molecule has 0 atom stereocenters. The van der Waals surface area contributed by atoms with Crippen molar-refractivity contribution in [1.82, 2.24) is 0 Å². The van der Waals surface area contributed by atoms with Gasteiger partial charge in [0, 0.05) is 12.5 Å². The first-order valence-electron chi connectivity index (χ1n) is 4.37. The largest absolute Gasteiger partial charge is 0.497 e. The van der Waals surface area contributed by atoms with Crippen LogP contribution in [-0.2, 0) is 11.2 Å². The maximum atomic E-state index is 10.1. The van der Waals surface area contributed by atoms with Crippen molar-refractivity contribution in [3.05, 3.63) is 23.8 Å². The third kappa shape index (κ3) is 2.76. The first-order chi connectivity index (χ1) is 6.80. The molecule has 0 saturated carbocycles. The lowest BCUT2D eigenvalue weighted by Crippen LogP contribution is -1.92. The Labute approximate surface area is 83.6 Å². The van der Waals surface area contributed by atoms with Crippen molar-refractivity contribution >= 4 is 6.29 Å². The number of carbonyl (C=O) groups excluding carboxylic acids is 1. The lowest BCUT2D eigenvalue weighted by molar-refractivity contribution is 0.393. The van der Waals surface area contributed by atoms with Gasteiger partial charge in [-0.15, -0.1) is 0 Å². The van der Waals surface area contributed by atoms with Crippen molar-refractivity contribution < 1.29 is 14.3 Å². The van der Waals surface area contributed by atoms with Crippen LogP contribution < -0.4 is 9.47 Å². The highest BCUT2D eigenvalue weighted by molar-refractivity contribution is 5.51. The Kier molecular flexibility index (Phi) is 3.98. The van der Waals surface area contributed by atoms with E-state index in [0.29, 0.717) is 12.8 Å². The minimum atomic E-state index is 0.399. The van der Waals surface area contributed by atoms with Gasteiger partial charge in [-0.1, -0.05) is 0 Å². The molecule has 0 spiro atoms. The van der Waals surface area contributed by atoms with Crippen molar-refractivity contribution in [2.75, 3.05) is 14.2 Å². The Hall–Kier alpha value is -1.51. The van der Waals surface area contributed by atoms with Crippen molar-refractivity contribution in [3.63, 3.8) is 0 Å². The van der Waals surface area contributed by atoms with Gasteiger partial charge in [-0.2, -0.15) is 0 Å². The van der Waals surface area contributed by atoms with E-state index in [9.17, 15) is 4.79 Å². The minimum Gasteiger partial charge on any atom is -0.497 e. The lowest BCUT2D eigenvalue weighted by atomic mass is 10.1. The summed E-state index contributed by atoms with van der Waals surface area (Å²) >= 11 is 0. The number of rotatable bonds is 5. The number of aryl methyl sites for hydroxylation is 1. The van der Waals surface area contributed by atoms with Gasteiger partial charge in [0.05, 0.1) is 14.2 Å². The zero-order valence-corrected chi connectivity index (χ0v) is 8.37. The molecule has 0 N–H and O–H groups in total. The molecule has 3 heteroatoms. The number of methoxy groups -OCH3 is 2. The molecule has 0 heterocycles. The molecule has 1 aromatic rings. The van der Waals surface area contributed by atoms with Crippen molar-refractivity contribution in [2.24, 2.45) is 0 Å². The normalized spacial score (nSPS) is 9.57. The molecule has 14 heavy (non-hydrogen) atoms. The zero-order valence-electron chi connectivity index (χ0n) is 8.37. The third-order valence-electron chi connectivity index (χ3n) is 1.93. The monoisotopic (exact) mass is 193 g/mol. The highest BCUT2D eigenvalue weighted by atomic mass is 16.5. The van der Waals surface area contributed by atoms with E-state index < -0.39 is 0 Å². The van der Waals surface area contributed by atoms with Crippen LogP contribution in [0.5, 0.6) is 11.5 Å². The van der Waals surface area contributed by atoms with Gasteiger partial charge >= 0.3 is 0 Å². The van der Waals surface area contributed by atoms with Gasteiger partial charge in [-0.05, 0) is 24.1 Å². The van der Waals surface area contributed by atoms with E-state index in [2.05, 4.69) is 0 Å². The summed E-state index contributed by atoms with van der Waals surface area (Å²) in [6, 6.07) is 5.58. The van der Waals surface area contributed by atoms with Gasteiger partial charge in [-0.3, -0.25) is 4.79 Å². The Morgan fingerprint density at radius 1 is 1.14 bits per heavy atom. The molecule has 0 aliphatic rings. The number of hydrogen-bond acceptors (Lipinski definition) is 3. The minimum absolute atomic E-state index is 0.399. The molecule has 0 saturated heterocycles. The predicted octanol–water partition coefficient (Wildman–Crippen LogP) is 1.75. The second kappa shape index (κ2) is 5.27. The second-order valence-corrected chi connectivity index (χ2v) is 2.87. The van der Waals surface area contributed by atoms with Gasteiger partial charge < -0.3 is 9.47 Å². The Morgan fingerprint density at radius 2 is 1.71 bits per heavy atom. The van der Waals surface area contributed by atoms with E-state index in [1.54, 1.807) is 20.3 Å². The predicted molar refractivity (Wildman–Crippen MR) is 53.6 cm³/mol. The SMILES string of the molecule is COc1cc(CC[C]=O)cc(OC)c1. The van der Waals surface area contributed by atoms with Gasteiger partial charge in [0.1, 0.15) is 11.5 Å². The zero-order chi connectivity index (χ0) is 10.4. The first-order valence-corrected chi connectivity index (χ1v) is 4.37. The topological polar surface area (TPSA) is 35.5 Å². The lowest BCUT2D eigenvalue weighted by Gasteiger charge is -2.06. The molecule has 0 aromatic heterocycles. The Bertz CT molecular complexity index is 285. The molecule has 0 unspecified atom stereocenters. The molecule has 0 aliphatic carbocycles. The molecule has 1 aromatic carbocycles. The molecule has 1 radical (unpaired) electrons. The smallest absolute Gasteiger partial charge is 0.198 e. The molecule has 0 aliphatic heterocycles. The summed E-state index contributed by atoms with van der Waals surface area (Å²) in [5.74, 6) is 1.48. The fraction of sp³-hybridized carbons (Fsp3) is 0.364. The summed E-state index contributed by atoms with van der Waals surface area (Å²) in [5, 5.41) is 0. The summed E-state index contributed by atoms with van der Waals surface area (Å²) in [5.41, 5.74) is 1.02. The van der Waals surface area contributed by atoms with Crippen LogP contribution in [-0.4, -0.2) is 20.5 Å². The van der Waals surface area contributed by atoms with E-state index in [1.165, 1.54) is 0 Å². The van der Waals surface area contributed by atoms with E-state index in [-0.39, 0.29) is 0 Å². The Balaban J connectivity index is 2.86. The molecule has 0 amide bonds. The fourth-order valence-corrected chi connectivity index (χ4v) is 1.21. The van der Waals surface area contributed by atoms with Gasteiger partial charge in [-0.25, -0.2) is 0 Å². The van der Waals surface area contributed by atoms with Crippen LogP contribution >= 0.6 is 0 Å². The van der Waals surface area contributed by atoms with Crippen LogP contribution in [0.1, 0.15) is 12.0 Å². The van der Waals surface area contributed by atoms with Crippen LogP contribution in [0.15, 0.2) is 18.2 Å². The highest BCUT2D eigenvalue weighted by Crippen LogP contribution is 2.22. The summed E-state index contributed by atoms with van der Waals surface area (Å²) in [6.45, 7) is 0. The van der Waals surface area contributed by atoms with Crippen LogP contribution in [0.4, 0.5) is 0 Å². The molecule has 0 bridgehead atoms. The third-order valence-corrected chi connectivity index (χ3v) is 1.93. The van der Waals surface area contributed by atoms with E-state index >= 15 is 0 Å². The maximum absolute atomic E-state index is 10.1. The number of ether oxygens (including phenoxy) is 2. The molecular weight excluding hydrogens is 180 g/mol. The fourth-order valence-electron chi connectivity index (χ4n) is 1.21. The van der Waals surface area contributed by atoms with E-state index in [0.717, 1.165) is 17.1 Å². The van der Waals surface area contributed by atoms with Crippen molar-refractivity contribution in [1.29, 1.82) is 0 Å². The van der Waals surface area contributed by atoms with Crippen molar-refractivity contribution in [3.8, 4) is 11.5 Å². The summed E-state index contributed by atoms with van der Waals surface area (Å²) in [6.07, 6.45) is 2.92. The number of benzene rings is 1. The van der Waals surface area contributed by atoms with E-state index in [4.69, 9.17) is 9.47 Å². The average molecular weight is 193 g/mol. The standard InChI is InChI=1S/C11H13O3/c1-13-10-6-9(4-3-5-12)7-11(8-10)14-2/h6-8H,3-4H2,1-2H3.